The molecule has 0 amide bonds. The van der Waals surface area contributed by atoms with Gasteiger partial charge in [-0.15, -0.1) is 12.4 Å². The van der Waals surface area contributed by atoms with E-state index in [4.69, 9.17) is 5.73 Å². The van der Waals surface area contributed by atoms with Gasteiger partial charge in [0.05, 0.1) is 17.6 Å². The highest BCUT2D eigenvalue weighted by Gasteiger charge is 2.06. The third kappa shape index (κ3) is 1.51. The minimum Gasteiger partial charge on any atom is -0.397 e. The van der Waals surface area contributed by atoms with Crippen molar-refractivity contribution in [2.75, 3.05) is 5.73 Å². The first-order valence-corrected chi connectivity index (χ1v) is 4.57. The zero-order valence-corrected chi connectivity index (χ0v) is 9.11. The van der Waals surface area contributed by atoms with Crippen LogP contribution in [-0.4, -0.2) is 19.7 Å². The molecule has 3 N–H and O–H groups in total. The average molecular weight is 236 g/mol. The van der Waals surface area contributed by atoms with E-state index in [-0.39, 0.29) is 12.4 Å². The molecular formula is C10H10ClN5. The highest BCUT2D eigenvalue weighted by atomic mass is 35.5. The second kappa shape index (κ2) is 3.86. The van der Waals surface area contributed by atoms with Gasteiger partial charge in [-0.25, -0.2) is 9.67 Å². The lowest BCUT2D eigenvalue weighted by molar-refractivity contribution is 0.887. The van der Waals surface area contributed by atoms with Crippen molar-refractivity contribution in [3.05, 3.63) is 36.9 Å². The average Bonchev–Trinajstić information content (AvgIpc) is 2.83. The van der Waals surface area contributed by atoms with Crippen molar-refractivity contribution in [3.63, 3.8) is 0 Å². The Morgan fingerprint density at radius 3 is 3.00 bits per heavy atom. The summed E-state index contributed by atoms with van der Waals surface area (Å²) in [6.07, 6.45) is 7.11. The molecule has 0 bridgehead atoms. The maximum atomic E-state index is 5.70. The molecule has 0 aliphatic heterocycles. The molecule has 0 unspecified atom stereocenters. The molecule has 3 aromatic rings. The Kier molecular flexibility index (Phi) is 2.54. The Morgan fingerprint density at radius 2 is 2.25 bits per heavy atom. The van der Waals surface area contributed by atoms with Crippen LogP contribution < -0.4 is 5.73 Å². The summed E-state index contributed by atoms with van der Waals surface area (Å²) in [6, 6.07) is 3.76. The van der Waals surface area contributed by atoms with Gasteiger partial charge in [0, 0.05) is 24.0 Å². The van der Waals surface area contributed by atoms with E-state index in [2.05, 4.69) is 15.1 Å². The van der Waals surface area contributed by atoms with Crippen molar-refractivity contribution in [2.24, 2.45) is 0 Å². The number of hydrogen-bond acceptors (Lipinski definition) is 3. The Labute approximate surface area is 97.7 Å². The van der Waals surface area contributed by atoms with E-state index in [1.807, 2.05) is 24.5 Å². The number of nitrogen functional groups attached to an aromatic ring is 1. The lowest BCUT2D eigenvalue weighted by Crippen LogP contribution is -1.93. The van der Waals surface area contributed by atoms with Gasteiger partial charge in [0.25, 0.3) is 0 Å². The summed E-state index contributed by atoms with van der Waals surface area (Å²) in [7, 11) is 0. The number of halogens is 1. The topological polar surface area (TPSA) is 72.5 Å². The zero-order chi connectivity index (χ0) is 10.3. The van der Waals surface area contributed by atoms with Crippen molar-refractivity contribution < 1.29 is 0 Å². The van der Waals surface area contributed by atoms with Crippen molar-refractivity contribution >= 4 is 29.1 Å². The number of H-pyrrole nitrogens is 1. The maximum Gasteiger partial charge on any atom is 0.139 e. The van der Waals surface area contributed by atoms with E-state index < -0.39 is 0 Å². The molecular weight excluding hydrogens is 226 g/mol. The van der Waals surface area contributed by atoms with E-state index in [1.54, 1.807) is 17.1 Å². The first-order chi connectivity index (χ1) is 7.34. The molecule has 3 heterocycles. The first kappa shape index (κ1) is 10.5. The fraction of sp³-hybridized carbons (Fsp3) is 0. The molecule has 82 valence electrons. The molecule has 16 heavy (non-hydrogen) atoms. The van der Waals surface area contributed by atoms with Gasteiger partial charge in [0.15, 0.2) is 0 Å². The predicted octanol–water partition coefficient (Wildman–Crippen LogP) is 1.75. The Morgan fingerprint density at radius 1 is 1.38 bits per heavy atom. The summed E-state index contributed by atoms with van der Waals surface area (Å²) < 4.78 is 1.78. The molecule has 6 heteroatoms. The molecule has 0 spiro atoms. The molecule has 0 saturated heterocycles. The van der Waals surface area contributed by atoms with Gasteiger partial charge in [-0.2, -0.15) is 5.10 Å². The molecule has 5 nitrogen and oxygen atoms in total. The SMILES string of the molecule is Cl.Nc1cnc2[nH]cc(-n3cccn3)c2c1. The number of aromatic nitrogens is 4. The Hall–Kier alpha value is -2.01. The van der Waals surface area contributed by atoms with Gasteiger partial charge in [0.1, 0.15) is 5.65 Å². The summed E-state index contributed by atoms with van der Waals surface area (Å²) in [5.41, 5.74) is 8.12. The summed E-state index contributed by atoms with van der Waals surface area (Å²) in [6.45, 7) is 0. The number of anilines is 1. The molecule has 3 aromatic heterocycles. The monoisotopic (exact) mass is 235 g/mol. The molecule has 0 fully saturated rings. The number of fused-ring (bicyclic) bond motifs is 1. The maximum absolute atomic E-state index is 5.70. The van der Waals surface area contributed by atoms with Gasteiger partial charge >= 0.3 is 0 Å². The van der Waals surface area contributed by atoms with Crippen molar-refractivity contribution in [1.29, 1.82) is 0 Å². The van der Waals surface area contributed by atoms with Gasteiger partial charge in [-0.05, 0) is 12.1 Å². The highest BCUT2D eigenvalue weighted by molar-refractivity contribution is 5.87. The largest absolute Gasteiger partial charge is 0.397 e. The summed E-state index contributed by atoms with van der Waals surface area (Å²) in [5.74, 6) is 0. The lowest BCUT2D eigenvalue weighted by Gasteiger charge is -1.98. The summed E-state index contributed by atoms with van der Waals surface area (Å²) in [4.78, 5) is 7.27. The van der Waals surface area contributed by atoms with Crippen molar-refractivity contribution in [2.45, 2.75) is 0 Å². The Balaban J connectivity index is 0.000000963. The molecule has 0 aliphatic carbocycles. The van der Waals surface area contributed by atoms with Crippen LogP contribution in [0.5, 0.6) is 0 Å². The van der Waals surface area contributed by atoms with Crippen LogP contribution in [0, 0.1) is 0 Å². The fourth-order valence-electron chi connectivity index (χ4n) is 1.61. The number of rotatable bonds is 1. The van der Waals surface area contributed by atoms with Crippen LogP contribution >= 0.6 is 12.4 Å². The minimum absolute atomic E-state index is 0. The summed E-state index contributed by atoms with van der Waals surface area (Å²) in [5, 5.41) is 5.14. The minimum atomic E-state index is 0. The molecule has 0 aromatic carbocycles. The highest BCUT2D eigenvalue weighted by Crippen LogP contribution is 2.21. The van der Waals surface area contributed by atoms with E-state index >= 15 is 0 Å². The molecule has 0 saturated carbocycles. The third-order valence-electron chi connectivity index (χ3n) is 2.28. The van der Waals surface area contributed by atoms with Crippen molar-refractivity contribution in [1.82, 2.24) is 19.7 Å². The lowest BCUT2D eigenvalue weighted by atomic mass is 10.3. The van der Waals surface area contributed by atoms with Crippen LogP contribution in [0.1, 0.15) is 0 Å². The van der Waals surface area contributed by atoms with E-state index in [9.17, 15) is 0 Å². The van der Waals surface area contributed by atoms with Gasteiger partial charge < -0.3 is 10.7 Å². The van der Waals surface area contributed by atoms with Gasteiger partial charge in [-0.3, -0.25) is 0 Å². The normalized spacial score (nSPS) is 10.2. The van der Waals surface area contributed by atoms with Crippen LogP contribution in [0.2, 0.25) is 0 Å². The van der Waals surface area contributed by atoms with Crippen molar-refractivity contribution in [3.8, 4) is 5.69 Å². The fourth-order valence-corrected chi connectivity index (χ4v) is 1.61. The second-order valence-electron chi connectivity index (χ2n) is 3.29. The Bertz CT molecular complexity index is 599. The predicted molar refractivity (Wildman–Crippen MR) is 64.9 cm³/mol. The quantitative estimate of drug-likeness (QED) is 0.675. The van der Waals surface area contributed by atoms with Crippen LogP contribution in [-0.2, 0) is 0 Å². The standard InChI is InChI=1S/C10H9N5.ClH/c11-7-4-8-9(15-3-1-2-14-15)6-13-10(8)12-5-7;/h1-6H,11H2,(H,12,13);1H. The smallest absolute Gasteiger partial charge is 0.139 e. The number of aromatic amines is 1. The van der Waals surface area contributed by atoms with Crippen LogP contribution in [0.4, 0.5) is 5.69 Å². The number of nitrogens with one attached hydrogen (secondary N) is 1. The number of nitrogens with two attached hydrogens (primary N) is 1. The van der Waals surface area contributed by atoms with E-state index in [1.165, 1.54) is 0 Å². The van der Waals surface area contributed by atoms with E-state index in [0.29, 0.717) is 5.69 Å². The van der Waals surface area contributed by atoms with Crippen LogP contribution in [0.25, 0.3) is 16.7 Å². The van der Waals surface area contributed by atoms with Gasteiger partial charge in [-0.1, -0.05) is 0 Å². The van der Waals surface area contributed by atoms with E-state index in [0.717, 1.165) is 16.7 Å². The zero-order valence-electron chi connectivity index (χ0n) is 8.29. The third-order valence-corrected chi connectivity index (χ3v) is 2.28. The molecule has 0 atom stereocenters. The number of nitrogens with zero attached hydrogens (tertiary/aromatic N) is 3. The number of hydrogen-bond donors (Lipinski definition) is 2. The van der Waals surface area contributed by atoms with Crippen LogP contribution in [0.3, 0.4) is 0 Å². The molecule has 0 radical (unpaired) electrons. The van der Waals surface area contributed by atoms with Crippen LogP contribution in [0.15, 0.2) is 36.9 Å². The van der Waals surface area contributed by atoms with Gasteiger partial charge in [0.2, 0.25) is 0 Å². The summed E-state index contributed by atoms with van der Waals surface area (Å²) >= 11 is 0. The molecule has 3 rings (SSSR count). The molecule has 0 aliphatic rings. The second-order valence-corrected chi connectivity index (χ2v) is 3.29. The first-order valence-electron chi connectivity index (χ1n) is 4.57. The number of pyridine rings is 1.